The Morgan fingerprint density at radius 3 is 2.40 bits per heavy atom. The van der Waals surface area contributed by atoms with E-state index in [0.717, 1.165) is 6.42 Å². The highest BCUT2D eigenvalue weighted by atomic mass is 32.1. The van der Waals surface area contributed by atoms with Gasteiger partial charge < -0.3 is 11.1 Å². The summed E-state index contributed by atoms with van der Waals surface area (Å²) in [5, 5.41) is 2.90. The lowest BCUT2D eigenvalue weighted by Gasteiger charge is -2.26. The number of thiocarbonyl (C=S) groups is 1. The van der Waals surface area contributed by atoms with Gasteiger partial charge in [-0.2, -0.15) is 0 Å². The Labute approximate surface area is 97.8 Å². The van der Waals surface area contributed by atoms with Gasteiger partial charge >= 0.3 is 0 Å². The maximum Gasteiger partial charge on any atom is 0.232 e. The van der Waals surface area contributed by atoms with Gasteiger partial charge in [-0.25, -0.2) is 0 Å². The molecule has 0 saturated carbocycles. The Kier molecular flexibility index (Phi) is 5.80. The minimum atomic E-state index is -0.706. The molecule has 3 nitrogen and oxygen atoms in total. The smallest absolute Gasteiger partial charge is 0.232 e. The van der Waals surface area contributed by atoms with Gasteiger partial charge in [0.1, 0.15) is 0 Å². The first-order valence-corrected chi connectivity index (χ1v) is 5.87. The van der Waals surface area contributed by atoms with E-state index < -0.39 is 5.41 Å². The molecular formula is C11H22N2OS. The zero-order chi connectivity index (χ0) is 12.1. The van der Waals surface area contributed by atoms with Crippen LogP contribution in [0.25, 0.3) is 0 Å². The predicted octanol–water partition coefficient (Wildman–Crippen LogP) is 1.85. The molecule has 2 unspecified atom stereocenters. The molecule has 4 heteroatoms. The zero-order valence-electron chi connectivity index (χ0n) is 10.1. The van der Waals surface area contributed by atoms with Crippen molar-refractivity contribution in [3.63, 3.8) is 0 Å². The molecule has 0 saturated heterocycles. The van der Waals surface area contributed by atoms with Crippen LogP contribution < -0.4 is 11.1 Å². The van der Waals surface area contributed by atoms with Crippen LogP contribution in [0.1, 0.15) is 40.5 Å². The SMILES string of the molecule is CCC(C)CNC(=O)C(C)(CC)C(N)=S. The number of carbonyl (C=O) groups excluding carboxylic acids is 1. The molecule has 0 radical (unpaired) electrons. The van der Waals surface area contributed by atoms with Crippen LogP contribution in [0, 0.1) is 11.3 Å². The summed E-state index contributed by atoms with van der Waals surface area (Å²) < 4.78 is 0. The second-order valence-corrected chi connectivity index (χ2v) is 4.71. The summed E-state index contributed by atoms with van der Waals surface area (Å²) in [5.41, 5.74) is 4.89. The second kappa shape index (κ2) is 6.05. The van der Waals surface area contributed by atoms with Crippen molar-refractivity contribution in [2.75, 3.05) is 6.54 Å². The maximum absolute atomic E-state index is 11.9. The molecular weight excluding hydrogens is 208 g/mol. The maximum atomic E-state index is 11.9. The van der Waals surface area contributed by atoms with Gasteiger partial charge in [0.15, 0.2) is 0 Å². The fourth-order valence-corrected chi connectivity index (χ4v) is 1.29. The van der Waals surface area contributed by atoms with Gasteiger partial charge in [-0.15, -0.1) is 0 Å². The standard InChI is InChI=1S/C11H22N2OS/c1-5-8(3)7-13-10(14)11(4,6-2)9(12)15/h8H,5-7H2,1-4H3,(H2,12,15)(H,13,14). The molecule has 0 aliphatic carbocycles. The van der Waals surface area contributed by atoms with E-state index in [1.165, 1.54) is 0 Å². The first-order valence-electron chi connectivity index (χ1n) is 5.46. The topological polar surface area (TPSA) is 55.1 Å². The minimum Gasteiger partial charge on any atom is -0.392 e. The summed E-state index contributed by atoms with van der Waals surface area (Å²) in [6, 6.07) is 0. The van der Waals surface area contributed by atoms with Crippen LogP contribution in [0.3, 0.4) is 0 Å². The highest BCUT2D eigenvalue weighted by molar-refractivity contribution is 7.80. The van der Waals surface area contributed by atoms with E-state index in [1.54, 1.807) is 6.92 Å². The molecule has 2 atom stereocenters. The summed E-state index contributed by atoms with van der Waals surface area (Å²) in [6.45, 7) is 8.60. The minimum absolute atomic E-state index is 0.0576. The number of hydrogen-bond donors (Lipinski definition) is 2. The number of hydrogen-bond acceptors (Lipinski definition) is 2. The predicted molar refractivity (Wildman–Crippen MR) is 67.6 cm³/mol. The third-order valence-corrected chi connectivity index (χ3v) is 3.51. The van der Waals surface area contributed by atoms with Gasteiger partial charge in [-0.05, 0) is 19.3 Å². The normalized spacial score (nSPS) is 16.5. The van der Waals surface area contributed by atoms with Gasteiger partial charge in [0.05, 0.1) is 10.4 Å². The fourth-order valence-electron chi connectivity index (χ4n) is 1.05. The van der Waals surface area contributed by atoms with Gasteiger partial charge in [0, 0.05) is 6.54 Å². The molecule has 3 N–H and O–H groups in total. The molecule has 0 aromatic heterocycles. The molecule has 0 rings (SSSR count). The van der Waals surface area contributed by atoms with Crippen molar-refractivity contribution in [3.8, 4) is 0 Å². The molecule has 0 heterocycles. The number of rotatable bonds is 6. The van der Waals surface area contributed by atoms with Gasteiger partial charge in [-0.1, -0.05) is 39.4 Å². The summed E-state index contributed by atoms with van der Waals surface area (Å²) in [5.74, 6) is 0.430. The Morgan fingerprint density at radius 2 is 2.07 bits per heavy atom. The van der Waals surface area contributed by atoms with Crippen molar-refractivity contribution in [2.24, 2.45) is 17.1 Å². The van der Waals surface area contributed by atoms with Gasteiger partial charge in [0.2, 0.25) is 5.91 Å². The lowest BCUT2D eigenvalue weighted by molar-refractivity contribution is -0.127. The van der Waals surface area contributed by atoms with Crippen LogP contribution in [0.4, 0.5) is 0 Å². The van der Waals surface area contributed by atoms with E-state index in [1.807, 2.05) is 6.92 Å². The molecule has 1 amide bonds. The first kappa shape index (κ1) is 14.4. The van der Waals surface area contributed by atoms with E-state index >= 15 is 0 Å². The molecule has 15 heavy (non-hydrogen) atoms. The molecule has 0 aliphatic heterocycles. The van der Waals surface area contributed by atoms with Crippen molar-refractivity contribution in [2.45, 2.75) is 40.5 Å². The quantitative estimate of drug-likeness (QED) is 0.685. The monoisotopic (exact) mass is 230 g/mol. The van der Waals surface area contributed by atoms with Crippen molar-refractivity contribution in [1.82, 2.24) is 5.32 Å². The van der Waals surface area contributed by atoms with Crippen molar-refractivity contribution < 1.29 is 4.79 Å². The van der Waals surface area contributed by atoms with E-state index in [-0.39, 0.29) is 10.9 Å². The van der Waals surface area contributed by atoms with Crippen molar-refractivity contribution in [3.05, 3.63) is 0 Å². The highest BCUT2D eigenvalue weighted by Gasteiger charge is 2.34. The van der Waals surface area contributed by atoms with Crippen LogP contribution >= 0.6 is 12.2 Å². The molecule has 0 bridgehead atoms. The largest absolute Gasteiger partial charge is 0.392 e. The van der Waals surface area contributed by atoms with Crippen LogP contribution in [-0.4, -0.2) is 17.4 Å². The fraction of sp³-hybridized carbons (Fsp3) is 0.818. The van der Waals surface area contributed by atoms with Gasteiger partial charge in [-0.3, -0.25) is 4.79 Å². The first-order chi connectivity index (χ1) is 6.88. The number of nitrogens with one attached hydrogen (secondary N) is 1. The second-order valence-electron chi connectivity index (χ2n) is 4.27. The summed E-state index contributed by atoms with van der Waals surface area (Å²) in [4.78, 5) is 12.1. The Bertz CT molecular complexity index is 243. The third kappa shape index (κ3) is 3.78. The molecule has 0 spiro atoms. The van der Waals surface area contributed by atoms with E-state index in [0.29, 0.717) is 18.9 Å². The number of amides is 1. The van der Waals surface area contributed by atoms with E-state index in [4.69, 9.17) is 18.0 Å². The summed E-state index contributed by atoms with van der Waals surface area (Å²) >= 11 is 4.93. The third-order valence-electron chi connectivity index (χ3n) is 3.06. The van der Waals surface area contributed by atoms with E-state index in [9.17, 15) is 4.79 Å². The molecule has 0 aliphatic rings. The molecule has 88 valence electrons. The molecule has 0 aromatic rings. The number of nitrogens with two attached hydrogens (primary N) is 1. The van der Waals surface area contributed by atoms with Crippen LogP contribution in [0.5, 0.6) is 0 Å². The average Bonchev–Trinajstić information content (AvgIpc) is 2.23. The van der Waals surface area contributed by atoms with Gasteiger partial charge in [0.25, 0.3) is 0 Å². The lowest BCUT2D eigenvalue weighted by atomic mass is 9.86. The summed E-state index contributed by atoms with van der Waals surface area (Å²) in [7, 11) is 0. The Balaban J connectivity index is 4.36. The van der Waals surface area contributed by atoms with Crippen LogP contribution in [-0.2, 0) is 4.79 Å². The average molecular weight is 230 g/mol. The van der Waals surface area contributed by atoms with E-state index in [2.05, 4.69) is 19.2 Å². The Hall–Kier alpha value is -0.640. The van der Waals surface area contributed by atoms with Crippen molar-refractivity contribution in [1.29, 1.82) is 0 Å². The lowest BCUT2D eigenvalue weighted by Crippen LogP contribution is -2.47. The van der Waals surface area contributed by atoms with Crippen LogP contribution in [0.15, 0.2) is 0 Å². The molecule has 0 aromatic carbocycles. The van der Waals surface area contributed by atoms with Crippen molar-refractivity contribution >= 4 is 23.1 Å². The highest BCUT2D eigenvalue weighted by Crippen LogP contribution is 2.21. The summed E-state index contributed by atoms with van der Waals surface area (Å²) in [6.07, 6.45) is 1.69. The van der Waals surface area contributed by atoms with Crippen LogP contribution in [0.2, 0.25) is 0 Å². The Morgan fingerprint density at radius 1 is 1.53 bits per heavy atom. The molecule has 0 fully saturated rings. The zero-order valence-corrected chi connectivity index (χ0v) is 10.9. The number of carbonyl (C=O) groups is 1.